The van der Waals surface area contributed by atoms with E-state index < -0.39 is 0 Å². The lowest BCUT2D eigenvalue weighted by molar-refractivity contribution is -0.133. The molecule has 0 saturated heterocycles. The number of amides is 1. The molecule has 32 heavy (non-hydrogen) atoms. The molecule has 0 unspecified atom stereocenters. The van der Waals surface area contributed by atoms with Crippen LogP contribution in [0.2, 0.25) is 0 Å². The summed E-state index contributed by atoms with van der Waals surface area (Å²) in [5, 5.41) is 14.0. The van der Waals surface area contributed by atoms with Crippen LogP contribution >= 0.6 is 0 Å². The molecule has 4 nitrogen and oxygen atoms in total. The highest BCUT2D eigenvalue weighted by Gasteiger charge is 2.43. The topological polar surface area (TPSA) is 52.6 Å². The Morgan fingerprint density at radius 2 is 2.09 bits per heavy atom. The highest BCUT2D eigenvalue weighted by Crippen LogP contribution is 2.47. The van der Waals surface area contributed by atoms with Crippen LogP contribution in [0.25, 0.3) is 0 Å². The summed E-state index contributed by atoms with van der Waals surface area (Å²) in [6, 6.07) is 8.70. The molecule has 1 fully saturated rings. The first kappa shape index (κ1) is 24.7. The summed E-state index contributed by atoms with van der Waals surface area (Å²) < 4.78 is 0. The number of benzene rings is 1. The van der Waals surface area contributed by atoms with Crippen molar-refractivity contribution in [1.29, 1.82) is 0 Å². The molecule has 1 aromatic carbocycles. The van der Waals surface area contributed by atoms with Crippen molar-refractivity contribution >= 4 is 5.91 Å². The molecule has 0 spiro atoms. The van der Waals surface area contributed by atoms with Gasteiger partial charge < -0.3 is 15.3 Å². The number of aryl methyl sites for hydroxylation is 2. The normalized spacial score (nSPS) is 25.2. The molecule has 2 aliphatic rings. The van der Waals surface area contributed by atoms with Crippen LogP contribution in [0.3, 0.4) is 0 Å². The fourth-order valence-corrected chi connectivity index (χ4v) is 5.09. The monoisotopic (exact) mass is 438 g/mol. The molecule has 4 heteroatoms. The van der Waals surface area contributed by atoms with Crippen molar-refractivity contribution < 1.29 is 9.90 Å². The van der Waals surface area contributed by atoms with E-state index in [1.165, 1.54) is 16.7 Å². The summed E-state index contributed by atoms with van der Waals surface area (Å²) in [5.41, 5.74) is 3.99. The molecular weight excluding hydrogens is 396 g/mol. The molecular formula is C28H42N2O2. The lowest BCUT2D eigenvalue weighted by Gasteiger charge is -2.32. The lowest BCUT2D eigenvalue weighted by Crippen LogP contribution is -2.43. The van der Waals surface area contributed by atoms with Crippen molar-refractivity contribution in [2.75, 3.05) is 20.1 Å². The Morgan fingerprint density at radius 3 is 2.81 bits per heavy atom. The van der Waals surface area contributed by atoms with E-state index in [9.17, 15) is 9.90 Å². The van der Waals surface area contributed by atoms with E-state index in [0.717, 1.165) is 32.2 Å². The first-order valence-corrected chi connectivity index (χ1v) is 12.2. The zero-order chi connectivity index (χ0) is 23.3. The van der Waals surface area contributed by atoms with E-state index in [2.05, 4.69) is 75.5 Å². The van der Waals surface area contributed by atoms with Gasteiger partial charge in [-0.05, 0) is 70.8 Å². The number of allylic oxidation sites excluding steroid dienone is 2. The van der Waals surface area contributed by atoms with Gasteiger partial charge in [0.2, 0.25) is 5.91 Å². The van der Waals surface area contributed by atoms with Gasteiger partial charge in [0.15, 0.2) is 0 Å². The Bertz CT molecular complexity index is 836. The zero-order valence-corrected chi connectivity index (χ0v) is 20.6. The maximum Gasteiger partial charge on any atom is 0.224 e. The number of aliphatic hydroxyl groups excluding tert-OH is 1. The first-order valence-electron chi connectivity index (χ1n) is 12.2. The summed E-state index contributed by atoms with van der Waals surface area (Å²) in [6.45, 7) is 9.86. The summed E-state index contributed by atoms with van der Waals surface area (Å²) >= 11 is 0. The molecule has 1 aromatic rings. The van der Waals surface area contributed by atoms with Crippen molar-refractivity contribution in [2.24, 2.45) is 17.8 Å². The third-order valence-corrected chi connectivity index (χ3v) is 7.24. The number of carbonyl (C=O) groups excluding carboxylic acids is 1. The SMILES string of the molecule is Cc1cccc(CCC=C[C@@H]2[C@H]3CC(CNCCC(=O)N(C)C(C)(C)C)=C[C@H]3C[C@H]2O)c1. The van der Waals surface area contributed by atoms with Crippen LogP contribution < -0.4 is 5.32 Å². The third-order valence-electron chi connectivity index (χ3n) is 7.24. The summed E-state index contributed by atoms with van der Waals surface area (Å²) in [7, 11) is 1.88. The van der Waals surface area contributed by atoms with E-state index >= 15 is 0 Å². The molecule has 0 aromatic heterocycles. The van der Waals surface area contributed by atoms with Crippen LogP contribution in [-0.2, 0) is 11.2 Å². The van der Waals surface area contributed by atoms with Crippen LogP contribution in [-0.4, -0.2) is 47.7 Å². The minimum absolute atomic E-state index is 0.133. The standard InChI is InChI=1S/C28H42N2O2/c1-20-9-8-11-21(15-20)10-6-7-12-24-25-17-22(16-23(25)18-26(24)31)19-29-14-13-27(32)30(5)28(2,3)4/h7-9,11-12,15-16,23-26,29,31H,6,10,13-14,17-19H2,1-5H3/t23-,24+,25-,26+/m0/s1. The molecule has 1 saturated carbocycles. The third kappa shape index (κ3) is 6.55. The van der Waals surface area contributed by atoms with Crippen LogP contribution in [0.15, 0.2) is 48.1 Å². The number of fused-ring (bicyclic) bond motifs is 1. The zero-order valence-electron chi connectivity index (χ0n) is 20.6. The molecule has 3 rings (SSSR count). The minimum atomic E-state index is -0.225. The maximum absolute atomic E-state index is 12.3. The average Bonchev–Trinajstić information content (AvgIpc) is 3.24. The lowest BCUT2D eigenvalue weighted by atomic mass is 9.89. The molecule has 0 heterocycles. The van der Waals surface area contributed by atoms with Crippen molar-refractivity contribution in [1.82, 2.24) is 10.2 Å². The molecule has 2 aliphatic carbocycles. The fourth-order valence-electron chi connectivity index (χ4n) is 5.09. The van der Waals surface area contributed by atoms with E-state index in [1.54, 1.807) is 0 Å². The van der Waals surface area contributed by atoms with E-state index in [0.29, 0.717) is 24.8 Å². The Labute approximate surface area is 194 Å². The van der Waals surface area contributed by atoms with Gasteiger partial charge in [0.05, 0.1) is 6.10 Å². The Morgan fingerprint density at radius 1 is 1.31 bits per heavy atom. The first-order chi connectivity index (χ1) is 15.1. The molecule has 176 valence electrons. The van der Waals surface area contributed by atoms with Gasteiger partial charge in [-0.25, -0.2) is 0 Å². The highest BCUT2D eigenvalue weighted by molar-refractivity contribution is 5.76. The summed E-state index contributed by atoms with van der Waals surface area (Å²) in [4.78, 5) is 14.1. The number of carbonyl (C=O) groups is 1. The smallest absolute Gasteiger partial charge is 0.224 e. The van der Waals surface area contributed by atoms with Gasteiger partial charge in [0.25, 0.3) is 0 Å². The van der Waals surface area contributed by atoms with Gasteiger partial charge in [-0.3, -0.25) is 4.79 Å². The molecule has 0 radical (unpaired) electrons. The van der Waals surface area contributed by atoms with E-state index in [-0.39, 0.29) is 23.5 Å². The molecule has 2 N–H and O–H groups in total. The van der Waals surface area contributed by atoms with Gasteiger partial charge in [-0.1, -0.05) is 53.6 Å². The Kier molecular flexibility index (Phi) is 8.35. The summed E-state index contributed by atoms with van der Waals surface area (Å²) in [6.07, 6.45) is 11.2. The Balaban J connectivity index is 1.41. The number of nitrogens with one attached hydrogen (secondary N) is 1. The largest absolute Gasteiger partial charge is 0.392 e. The van der Waals surface area contributed by atoms with Gasteiger partial charge in [0, 0.05) is 38.0 Å². The van der Waals surface area contributed by atoms with Crippen molar-refractivity contribution in [3.8, 4) is 0 Å². The number of hydrogen-bond acceptors (Lipinski definition) is 3. The number of rotatable bonds is 9. The van der Waals surface area contributed by atoms with Gasteiger partial charge in [0.1, 0.15) is 0 Å². The van der Waals surface area contributed by atoms with Gasteiger partial charge in [-0.2, -0.15) is 0 Å². The van der Waals surface area contributed by atoms with Crippen LogP contribution in [0.4, 0.5) is 0 Å². The predicted octanol–water partition coefficient (Wildman–Crippen LogP) is 4.66. The number of nitrogens with zero attached hydrogens (tertiary/aromatic N) is 1. The molecule has 0 aliphatic heterocycles. The number of aliphatic hydroxyl groups is 1. The molecule has 4 atom stereocenters. The maximum atomic E-state index is 12.3. The van der Waals surface area contributed by atoms with Gasteiger partial charge in [-0.15, -0.1) is 0 Å². The van der Waals surface area contributed by atoms with E-state index in [4.69, 9.17) is 0 Å². The van der Waals surface area contributed by atoms with E-state index in [1.807, 2.05) is 11.9 Å². The summed E-state index contributed by atoms with van der Waals surface area (Å²) in [5.74, 6) is 1.45. The fraction of sp³-hybridized carbons (Fsp3) is 0.607. The second-order valence-corrected chi connectivity index (χ2v) is 10.7. The van der Waals surface area contributed by atoms with Crippen molar-refractivity contribution in [3.63, 3.8) is 0 Å². The second kappa shape index (κ2) is 10.8. The molecule has 1 amide bonds. The van der Waals surface area contributed by atoms with Crippen LogP contribution in [0.5, 0.6) is 0 Å². The predicted molar refractivity (Wildman–Crippen MR) is 132 cm³/mol. The van der Waals surface area contributed by atoms with Crippen LogP contribution in [0, 0.1) is 24.7 Å². The van der Waals surface area contributed by atoms with Crippen LogP contribution in [0.1, 0.15) is 57.6 Å². The Hall–Kier alpha value is -1.91. The average molecular weight is 439 g/mol. The van der Waals surface area contributed by atoms with Crippen molar-refractivity contribution in [2.45, 2.75) is 71.4 Å². The highest BCUT2D eigenvalue weighted by atomic mass is 16.3. The van der Waals surface area contributed by atoms with Gasteiger partial charge >= 0.3 is 0 Å². The van der Waals surface area contributed by atoms with Crippen molar-refractivity contribution in [3.05, 3.63) is 59.2 Å². The number of hydrogen-bond donors (Lipinski definition) is 2. The minimum Gasteiger partial charge on any atom is -0.392 e. The second-order valence-electron chi connectivity index (χ2n) is 10.7. The molecule has 0 bridgehead atoms. The quantitative estimate of drug-likeness (QED) is 0.435.